The molecule has 0 aliphatic rings. The number of aromatic nitrogens is 1. The Bertz CT molecular complexity index is 525. The van der Waals surface area contributed by atoms with Crippen molar-refractivity contribution in [1.29, 1.82) is 0 Å². The summed E-state index contributed by atoms with van der Waals surface area (Å²) >= 11 is 1.35. The van der Waals surface area contributed by atoms with Gasteiger partial charge in [0, 0.05) is 25.2 Å². The molecule has 0 radical (unpaired) electrons. The summed E-state index contributed by atoms with van der Waals surface area (Å²) in [6.07, 6.45) is 1.36. The van der Waals surface area contributed by atoms with Crippen LogP contribution in [0.5, 0.6) is 0 Å². The Morgan fingerprint density at radius 2 is 2.21 bits per heavy atom. The van der Waals surface area contributed by atoms with Crippen LogP contribution in [0.15, 0.2) is 11.6 Å². The van der Waals surface area contributed by atoms with Gasteiger partial charge in [-0.3, -0.25) is 4.79 Å². The van der Waals surface area contributed by atoms with Crippen LogP contribution < -0.4 is 4.72 Å². The number of aliphatic carboxylic acids is 1. The maximum Gasteiger partial charge on any atom is 0.304 e. The molecule has 1 aromatic rings. The Labute approximate surface area is 116 Å². The Kier molecular flexibility index (Phi) is 5.02. The van der Waals surface area contributed by atoms with Gasteiger partial charge in [-0.2, -0.15) is 17.4 Å². The summed E-state index contributed by atoms with van der Waals surface area (Å²) in [5.74, 6) is -1.04. The number of nitrogens with zero attached hydrogens (tertiary/aromatic N) is 2. The van der Waals surface area contributed by atoms with Gasteiger partial charge >= 0.3 is 5.97 Å². The zero-order chi connectivity index (χ0) is 14.7. The van der Waals surface area contributed by atoms with Crippen molar-refractivity contribution in [2.45, 2.75) is 25.8 Å². The van der Waals surface area contributed by atoms with E-state index in [1.165, 1.54) is 18.4 Å². The highest BCUT2D eigenvalue weighted by Crippen LogP contribution is 2.23. The highest BCUT2D eigenvalue weighted by atomic mass is 32.2. The van der Waals surface area contributed by atoms with Gasteiger partial charge in [0.15, 0.2) is 0 Å². The molecule has 0 spiro atoms. The molecular formula is C10H17N3O4S2. The van der Waals surface area contributed by atoms with Gasteiger partial charge in [-0.1, -0.05) is 0 Å². The topological polar surface area (TPSA) is 99.6 Å². The van der Waals surface area contributed by atoms with E-state index in [0.29, 0.717) is 5.01 Å². The van der Waals surface area contributed by atoms with Crippen molar-refractivity contribution in [3.63, 3.8) is 0 Å². The van der Waals surface area contributed by atoms with E-state index in [0.717, 1.165) is 4.31 Å². The third kappa shape index (κ3) is 4.53. The van der Waals surface area contributed by atoms with E-state index in [9.17, 15) is 13.2 Å². The van der Waals surface area contributed by atoms with Crippen LogP contribution in [-0.2, 0) is 20.5 Å². The molecule has 1 rings (SSSR count). The highest BCUT2D eigenvalue weighted by Gasteiger charge is 2.31. The predicted molar refractivity (Wildman–Crippen MR) is 72.1 cm³/mol. The molecule has 1 heterocycles. The minimum Gasteiger partial charge on any atom is -0.481 e. The second kappa shape index (κ2) is 5.95. The molecule has 7 nitrogen and oxygen atoms in total. The van der Waals surface area contributed by atoms with Crippen molar-refractivity contribution >= 4 is 27.5 Å². The van der Waals surface area contributed by atoms with Gasteiger partial charge < -0.3 is 5.11 Å². The van der Waals surface area contributed by atoms with Crippen LogP contribution in [0, 0.1) is 0 Å². The average molecular weight is 307 g/mol. The van der Waals surface area contributed by atoms with Crippen molar-refractivity contribution in [1.82, 2.24) is 14.0 Å². The summed E-state index contributed by atoms with van der Waals surface area (Å²) in [6, 6.07) is 0. The second-order valence-corrected chi connectivity index (χ2v) is 7.21. The smallest absolute Gasteiger partial charge is 0.304 e. The lowest BCUT2D eigenvalue weighted by molar-refractivity contribution is -0.137. The van der Waals surface area contributed by atoms with E-state index in [4.69, 9.17) is 5.11 Å². The van der Waals surface area contributed by atoms with Crippen molar-refractivity contribution < 1.29 is 18.3 Å². The first-order chi connectivity index (χ1) is 8.65. The van der Waals surface area contributed by atoms with E-state index in [-0.39, 0.29) is 13.0 Å². The third-order valence-electron chi connectivity index (χ3n) is 2.40. The van der Waals surface area contributed by atoms with Crippen LogP contribution in [0.4, 0.5) is 0 Å². The van der Waals surface area contributed by atoms with Crippen LogP contribution in [0.25, 0.3) is 0 Å². The molecule has 0 atom stereocenters. The monoisotopic (exact) mass is 307 g/mol. The summed E-state index contributed by atoms with van der Waals surface area (Å²) in [7, 11) is -2.42. The molecular weight excluding hydrogens is 290 g/mol. The lowest BCUT2D eigenvalue weighted by atomic mass is 10.1. The number of carboxylic acids is 1. The molecule has 0 amide bonds. The normalized spacial score (nSPS) is 12.8. The molecule has 1 aromatic heterocycles. The quantitative estimate of drug-likeness (QED) is 0.769. The molecule has 0 aliphatic heterocycles. The summed E-state index contributed by atoms with van der Waals surface area (Å²) in [6.45, 7) is 3.32. The Balaban J connectivity index is 2.76. The van der Waals surface area contributed by atoms with Gasteiger partial charge in [0.25, 0.3) is 10.2 Å². The van der Waals surface area contributed by atoms with E-state index >= 15 is 0 Å². The van der Waals surface area contributed by atoms with E-state index < -0.39 is 21.7 Å². The maximum absolute atomic E-state index is 12.1. The second-order valence-electron chi connectivity index (χ2n) is 4.53. The Morgan fingerprint density at radius 3 is 2.68 bits per heavy atom. The van der Waals surface area contributed by atoms with Gasteiger partial charge in [0.05, 0.1) is 12.0 Å². The first-order valence-corrected chi connectivity index (χ1v) is 7.84. The predicted octanol–water partition coefficient (Wildman–Crippen LogP) is 0.619. The summed E-state index contributed by atoms with van der Waals surface area (Å²) in [5.41, 5.74) is -0.843. The first kappa shape index (κ1) is 16.0. The van der Waals surface area contributed by atoms with E-state index in [2.05, 4.69) is 9.71 Å². The molecule has 9 heteroatoms. The fraction of sp³-hybridized carbons (Fsp3) is 0.600. The molecule has 108 valence electrons. The van der Waals surface area contributed by atoms with Crippen LogP contribution in [-0.4, -0.2) is 42.4 Å². The van der Waals surface area contributed by atoms with Gasteiger partial charge in [-0.25, -0.2) is 4.98 Å². The highest BCUT2D eigenvalue weighted by molar-refractivity contribution is 7.87. The Hall–Kier alpha value is -1.03. The van der Waals surface area contributed by atoms with Crippen molar-refractivity contribution in [2.75, 3.05) is 13.6 Å². The standard InChI is InChI=1S/C10H17N3O4S2/c1-10(2,9-11-5-7-18-9)12-19(16,17)13(3)6-4-8(14)15/h5,7,12H,4,6H2,1-3H3,(H,14,15). The third-order valence-corrected chi connectivity index (χ3v) is 5.27. The van der Waals surface area contributed by atoms with Crippen LogP contribution in [0.3, 0.4) is 0 Å². The van der Waals surface area contributed by atoms with Crippen LogP contribution in [0.1, 0.15) is 25.3 Å². The van der Waals surface area contributed by atoms with E-state index in [1.54, 1.807) is 25.4 Å². The molecule has 19 heavy (non-hydrogen) atoms. The first-order valence-electron chi connectivity index (χ1n) is 5.52. The van der Waals surface area contributed by atoms with Gasteiger partial charge in [0.1, 0.15) is 5.01 Å². The number of rotatable bonds is 7. The zero-order valence-electron chi connectivity index (χ0n) is 11.0. The molecule has 0 saturated heterocycles. The van der Waals surface area contributed by atoms with Crippen molar-refractivity contribution in [2.24, 2.45) is 0 Å². The summed E-state index contributed by atoms with van der Waals surface area (Å²) in [4.78, 5) is 14.5. The molecule has 0 aromatic carbocycles. The average Bonchev–Trinajstić information content (AvgIpc) is 2.78. The summed E-state index contributed by atoms with van der Waals surface area (Å²) < 4.78 is 27.6. The van der Waals surface area contributed by atoms with Crippen molar-refractivity contribution in [3.05, 3.63) is 16.6 Å². The van der Waals surface area contributed by atoms with Crippen LogP contribution in [0.2, 0.25) is 0 Å². The summed E-state index contributed by atoms with van der Waals surface area (Å²) in [5, 5.41) is 11.0. The molecule has 0 unspecified atom stereocenters. The Morgan fingerprint density at radius 1 is 1.58 bits per heavy atom. The van der Waals surface area contributed by atoms with E-state index in [1.807, 2.05) is 0 Å². The molecule has 0 aliphatic carbocycles. The minimum absolute atomic E-state index is 0.0847. The number of hydrogen-bond acceptors (Lipinski definition) is 5. The SMILES string of the molecule is CN(CCC(=O)O)S(=O)(=O)NC(C)(C)c1nccs1. The number of thiazole rings is 1. The molecule has 0 bridgehead atoms. The van der Waals surface area contributed by atoms with Crippen molar-refractivity contribution in [3.8, 4) is 0 Å². The van der Waals surface area contributed by atoms with Gasteiger partial charge in [0.2, 0.25) is 0 Å². The number of carbonyl (C=O) groups is 1. The fourth-order valence-corrected chi connectivity index (χ4v) is 3.36. The molecule has 0 fully saturated rings. The molecule has 2 N–H and O–H groups in total. The fourth-order valence-electron chi connectivity index (χ4n) is 1.35. The lowest BCUT2D eigenvalue weighted by Gasteiger charge is -2.27. The number of nitrogens with one attached hydrogen (secondary N) is 1. The zero-order valence-corrected chi connectivity index (χ0v) is 12.6. The maximum atomic E-state index is 12.1. The lowest BCUT2D eigenvalue weighted by Crippen LogP contribution is -2.47. The van der Waals surface area contributed by atoms with Crippen LogP contribution >= 0.6 is 11.3 Å². The largest absolute Gasteiger partial charge is 0.481 e. The number of carboxylic acid groups (broad SMARTS) is 1. The van der Waals surface area contributed by atoms with Gasteiger partial charge in [-0.15, -0.1) is 11.3 Å². The molecule has 0 saturated carbocycles. The number of hydrogen-bond donors (Lipinski definition) is 2. The minimum atomic E-state index is -3.75. The van der Waals surface area contributed by atoms with Gasteiger partial charge in [-0.05, 0) is 13.8 Å².